The fourth-order valence-corrected chi connectivity index (χ4v) is 2.48. The molecule has 94 valence electrons. The lowest BCUT2D eigenvalue weighted by Gasteiger charge is -2.28. The van der Waals surface area contributed by atoms with E-state index in [1.54, 1.807) is 12.1 Å². The molecule has 1 aromatic rings. The van der Waals surface area contributed by atoms with Gasteiger partial charge in [-0.15, -0.1) is 0 Å². The van der Waals surface area contributed by atoms with E-state index < -0.39 is 0 Å². The molecule has 4 heteroatoms. The largest absolute Gasteiger partial charge is 0.384 e. The van der Waals surface area contributed by atoms with Crippen molar-refractivity contribution in [3.05, 3.63) is 22.8 Å². The molecule has 0 aromatic carbocycles. The predicted molar refractivity (Wildman–Crippen MR) is 69.9 cm³/mol. The highest BCUT2D eigenvalue weighted by molar-refractivity contribution is 6.31. The number of hydrogen-bond donors (Lipinski definition) is 1. The molecule has 0 bridgehead atoms. The summed E-state index contributed by atoms with van der Waals surface area (Å²) in [6.45, 7) is 2.71. The van der Waals surface area contributed by atoms with Crippen molar-refractivity contribution in [2.75, 3.05) is 5.73 Å². The molecule has 0 spiro atoms. The van der Waals surface area contributed by atoms with Crippen LogP contribution in [0.15, 0.2) is 12.1 Å². The zero-order valence-corrected chi connectivity index (χ0v) is 10.9. The molecule has 3 nitrogen and oxygen atoms in total. The van der Waals surface area contributed by atoms with E-state index in [-0.39, 0.29) is 0 Å². The van der Waals surface area contributed by atoms with Crippen LogP contribution in [0.3, 0.4) is 0 Å². The third-order valence-electron chi connectivity index (χ3n) is 3.41. The number of ether oxygens (including phenoxy) is 1. The summed E-state index contributed by atoms with van der Waals surface area (Å²) < 4.78 is 5.91. The zero-order valence-electron chi connectivity index (χ0n) is 10.2. The molecule has 1 aromatic heterocycles. The Labute approximate surface area is 107 Å². The second-order valence-electron chi connectivity index (χ2n) is 4.78. The lowest BCUT2D eigenvalue weighted by molar-refractivity contribution is -0.0167. The highest BCUT2D eigenvalue weighted by Gasteiger charge is 2.22. The number of halogens is 1. The topological polar surface area (TPSA) is 48.1 Å². The van der Waals surface area contributed by atoms with Crippen LogP contribution in [-0.2, 0) is 11.3 Å². The Balaban J connectivity index is 1.94. The van der Waals surface area contributed by atoms with Crippen molar-refractivity contribution in [2.45, 2.75) is 45.3 Å². The number of nitrogens with two attached hydrogens (primary N) is 1. The molecular weight excluding hydrogens is 236 g/mol. The van der Waals surface area contributed by atoms with Gasteiger partial charge < -0.3 is 10.5 Å². The number of rotatable bonds is 3. The molecule has 2 N–H and O–H groups in total. The van der Waals surface area contributed by atoms with E-state index in [2.05, 4.69) is 11.9 Å². The van der Waals surface area contributed by atoms with Crippen LogP contribution in [0, 0.1) is 5.92 Å². The number of pyridine rings is 1. The maximum atomic E-state index is 6.05. The van der Waals surface area contributed by atoms with Gasteiger partial charge >= 0.3 is 0 Å². The van der Waals surface area contributed by atoms with Gasteiger partial charge in [0.05, 0.1) is 23.4 Å². The van der Waals surface area contributed by atoms with Crippen LogP contribution in [0.4, 0.5) is 5.82 Å². The highest BCUT2D eigenvalue weighted by atomic mass is 35.5. The first-order chi connectivity index (χ1) is 8.16. The van der Waals surface area contributed by atoms with Crippen LogP contribution < -0.4 is 5.73 Å². The van der Waals surface area contributed by atoms with Crippen LogP contribution in [0.1, 0.15) is 38.3 Å². The van der Waals surface area contributed by atoms with E-state index in [4.69, 9.17) is 22.1 Å². The van der Waals surface area contributed by atoms with E-state index in [0.717, 1.165) is 12.1 Å². The molecule has 1 aliphatic rings. The fraction of sp³-hybridized carbons (Fsp3) is 0.615. The third kappa shape index (κ3) is 3.33. The van der Waals surface area contributed by atoms with Crippen LogP contribution in [0.25, 0.3) is 0 Å². The van der Waals surface area contributed by atoms with Crippen LogP contribution in [0.5, 0.6) is 0 Å². The van der Waals surface area contributed by atoms with E-state index in [0.29, 0.717) is 29.5 Å². The Kier molecular flexibility index (Phi) is 4.24. The van der Waals surface area contributed by atoms with Crippen molar-refractivity contribution in [1.29, 1.82) is 0 Å². The first-order valence-electron chi connectivity index (χ1n) is 6.19. The van der Waals surface area contributed by atoms with E-state index in [1.807, 2.05) is 0 Å². The molecule has 1 aliphatic carbocycles. The van der Waals surface area contributed by atoms with Gasteiger partial charge in [0.2, 0.25) is 0 Å². The Morgan fingerprint density at radius 2 is 2.18 bits per heavy atom. The van der Waals surface area contributed by atoms with Crippen LogP contribution in [0.2, 0.25) is 5.02 Å². The van der Waals surface area contributed by atoms with Gasteiger partial charge in [-0.25, -0.2) is 4.98 Å². The minimum atomic E-state index is 0.336. The highest BCUT2D eigenvalue weighted by Crippen LogP contribution is 2.27. The number of nitrogens with zero attached hydrogens (tertiary/aromatic N) is 1. The van der Waals surface area contributed by atoms with Gasteiger partial charge in [-0.05, 0) is 30.9 Å². The molecule has 1 saturated carbocycles. The van der Waals surface area contributed by atoms with E-state index in [9.17, 15) is 0 Å². The Hall–Kier alpha value is -0.800. The van der Waals surface area contributed by atoms with E-state index in [1.165, 1.54) is 19.3 Å². The average Bonchev–Trinajstić information content (AvgIpc) is 2.32. The second-order valence-corrected chi connectivity index (χ2v) is 5.18. The van der Waals surface area contributed by atoms with Crippen molar-refractivity contribution in [2.24, 2.45) is 5.92 Å². The molecule has 1 fully saturated rings. The summed E-state index contributed by atoms with van der Waals surface area (Å²) in [4.78, 5) is 4.20. The molecule has 2 atom stereocenters. The summed E-state index contributed by atoms with van der Waals surface area (Å²) in [6, 6.07) is 3.47. The smallest absolute Gasteiger partial charge is 0.123 e. The third-order valence-corrected chi connectivity index (χ3v) is 3.75. The molecular formula is C13H19ClN2O. The first-order valence-corrected chi connectivity index (χ1v) is 6.57. The SMILES string of the molecule is CC1CCCCC1OCc1nc(N)ccc1Cl. The number of aromatic nitrogens is 1. The average molecular weight is 255 g/mol. The number of hydrogen-bond acceptors (Lipinski definition) is 3. The Morgan fingerprint density at radius 3 is 2.94 bits per heavy atom. The molecule has 2 unspecified atom stereocenters. The van der Waals surface area contributed by atoms with Crippen molar-refractivity contribution in [3.63, 3.8) is 0 Å². The summed E-state index contributed by atoms with van der Waals surface area (Å²) in [6.07, 6.45) is 5.30. The molecule has 0 radical (unpaired) electrons. The summed E-state index contributed by atoms with van der Waals surface area (Å²) in [5.41, 5.74) is 6.38. The van der Waals surface area contributed by atoms with Gasteiger partial charge in [0.15, 0.2) is 0 Å². The predicted octanol–water partition coefficient (Wildman–Crippen LogP) is 3.41. The van der Waals surface area contributed by atoms with Crippen molar-refractivity contribution < 1.29 is 4.74 Å². The van der Waals surface area contributed by atoms with Gasteiger partial charge in [-0.2, -0.15) is 0 Å². The summed E-state index contributed by atoms with van der Waals surface area (Å²) in [5.74, 6) is 1.12. The van der Waals surface area contributed by atoms with Crippen LogP contribution >= 0.6 is 11.6 Å². The lowest BCUT2D eigenvalue weighted by atomic mass is 9.88. The second kappa shape index (κ2) is 5.69. The van der Waals surface area contributed by atoms with Gasteiger partial charge in [0.1, 0.15) is 5.82 Å². The quantitative estimate of drug-likeness (QED) is 0.899. The maximum Gasteiger partial charge on any atom is 0.123 e. The molecule has 2 rings (SSSR count). The minimum absolute atomic E-state index is 0.336. The van der Waals surface area contributed by atoms with Crippen molar-refractivity contribution in [3.8, 4) is 0 Å². The van der Waals surface area contributed by atoms with Crippen LogP contribution in [-0.4, -0.2) is 11.1 Å². The summed E-state index contributed by atoms with van der Waals surface area (Å²) >= 11 is 6.05. The standard InChI is InChI=1S/C13H19ClN2O/c1-9-4-2-3-5-12(9)17-8-11-10(14)6-7-13(15)16-11/h6-7,9,12H,2-5,8H2,1H3,(H2,15,16). The summed E-state index contributed by atoms with van der Waals surface area (Å²) in [7, 11) is 0. The first kappa shape index (κ1) is 12.7. The Morgan fingerprint density at radius 1 is 1.41 bits per heavy atom. The normalized spacial score (nSPS) is 24.8. The molecule has 1 heterocycles. The zero-order chi connectivity index (χ0) is 12.3. The molecule has 0 saturated heterocycles. The minimum Gasteiger partial charge on any atom is -0.384 e. The van der Waals surface area contributed by atoms with Crippen molar-refractivity contribution in [1.82, 2.24) is 4.98 Å². The van der Waals surface area contributed by atoms with Gasteiger partial charge in [0, 0.05) is 0 Å². The molecule has 17 heavy (non-hydrogen) atoms. The Bertz CT molecular complexity index is 384. The van der Waals surface area contributed by atoms with Gasteiger partial charge in [-0.1, -0.05) is 31.4 Å². The molecule has 0 aliphatic heterocycles. The molecule has 0 amide bonds. The number of nitrogen functional groups attached to an aromatic ring is 1. The maximum absolute atomic E-state index is 6.05. The van der Waals surface area contributed by atoms with Gasteiger partial charge in [-0.3, -0.25) is 0 Å². The monoisotopic (exact) mass is 254 g/mol. The lowest BCUT2D eigenvalue weighted by Crippen LogP contribution is -2.25. The number of anilines is 1. The van der Waals surface area contributed by atoms with Crippen molar-refractivity contribution >= 4 is 17.4 Å². The van der Waals surface area contributed by atoms with Gasteiger partial charge in [0.25, 0.3) is 0 Å². The summed E-state index contributed by atoms with van der Waals surface area (Å²) in [5, 5.41) is 0.627. The fourth-order valence-electron chi connectivity index (χ4n) is 2.32. The van der Waals surface area contributed by atoms with E-state index >= 15 is 0 Å².